The van der Waals surface area contributed by atoms with E-state index in [0.717, 1.165) is 33.3 Å². The molecule has 0 saturated heterocycles. The van der Waals surface area contributed by atoms with E-state index in [-0.39, 0.29) is 23.8 Å². The molecule has 2 aliphatic rings. The highest BCUT2D eigenvalue weighted by Crippen LogP contribution is 2.46. The number of rotatable bonds is 5. The van der Waals surface area contributed by atoms with Gasteiger partial charge in [-0.2, -0.15) is 0 Å². The van der Waals surface area contributed by atoms with E-state index in [9.17, 15) is 14.4 Å². The molecule has 6 rings (SSSR count). The molecule has 3 amide bonds. The van der Waals surface area contributed by atoms with Crippen LogP contribution < -0.4 is 10.6 Å². The van der Waals surface area contributed by atoms with Gasteiger partial charge in [0, 0.05) is 35.1 Å². The number of nitrogens with zero attached hydrogens (tertiary/aromatic N) is 1. The summed E-state index contributed by atoms with van der Waals surface area (Å²) in [6, 6.07) is 23.3. The quantitative estimate of drug-likeness (QED) is 0.410. The third-order valence-electron chi connectivity index (χ3n) is 7.22. The van der Waals surface area contributed by atoms with Crippen molar-refractivity contribution < 1.29 is 14.4 Å². The fourth-order valence-electron chi connectivity index (χ4n) is 5.45. The fourth-order valence-corrected chi connectivity index (χ4v) is 5.45. The summed E-state index contributed by atoms with van der Waals surface area (Å²) in [6.07, 6.45) is 0.375. The van der Waals surface area contributed by atoms with Crippen LogP contribution in [-0.4, -0.2) is 39.7 Å². The van der Waals surface area contributed by atoms with Crippen LogP contribution in [0.2, 0.25) is 0 Å². The largest absolute Gasteiger partial charge is 0.356 e. The van der Waals surface area contributed by atoms with Crippen LogP contribution in [-0.2, 0) is 22.6 Å². The van der Waals surface area contributed by atoms with Gasteiger partial charge >= 0.3 is 0 Å². The molecule has 7 nitrogen and oxygen atoms in total. The maximum absolute atomic E-state index is 13.6. The Morgan fingerprint density at radius 2 is 1.72 bits per heavy atom. The van der Waals surface area contributed by atoms with Gasteiger partial charge in [-0.3, -0.25) is 14.4 Å². The van der Waals surface area contributed by atoms with Gasteiger partial charge in [-0.1, -0.05) is 66.7 Å². The maximum atomic E-state index is 13.6. The van der Waals surface area contributed by atoms with E-state index in [2.05, 4.69) is 15.6 Å². The molecule has 0 bridgehead atoms. The number of benzene rings is 3. The number of para-hydroxylation sites is 1. The van der Waals surface area contributed by atoms with Gasteiger partial charge in [-0.15, -0.1) is 0 Å². The number of carbonyl (C=O) groups excluding carboxylic acids is 3. The van der Waals surface area contributed by atoms with Crippen LogP contribution in [0.15, 0.2) is 78.9 Å². The van der Waals surface area contributed by atoms with Crippen LogP contribution in [0.5, 0.6) is 0 Å². The summed E-state index contributed by atoms with van der Waals surface area (Å²) in [7, 11) is 0. The lowest BCUT2D eigenvalue weighted by atomic mass is 9.90. The number of nitrogens with one attached hydrogen (secondary N) is 3. The summed E-state index contributed by atoms with van der Waals surface area (Å²) in [5.74, 6) is -0.774. The van der Waals surface area contributed by atoms with Gasteiger partial charge in [-0.25, -0.2) is 0 Å². The zero-order valence-electron chi connectivity index (χ0n) is 19.8. The second-order valence-corrected chi connectivity index (χ2v) is 9.42. The Bertz CT molecular complexity index is 1490. The standard InChI is InChI=1S/C29H26N4O3/c1-17(27(34)30-16-18-9-3-2-4-10-18)31-28(35)24-15-22-19-11-7-8-14-23(19)32-25(22)26-20-12-5-6-13-21(20)29(36)33(24)26/h2-14,17,24,26,32H,15-16H2,1H3,(H,30,34)(H,31,35)/t17-,24-,26+/m0/s1. The van der Waals surface area contributed by atoms with Crippen molar-refractivity contribution in [3.63, 3.8) is 0 Å². The van der Waals surface area contributed by atoms with Crippen LogP contribution in [0.1, 0.15) is 45.7 Å². The normalized spacial score (nSPS) is 18.8. The van der Waals surface area contributed by atoms with Crippen LogP contribution in [0.4, 0.5) is 0 Å². The first kappa shape index (κ1) is 22.1. The molecular weight excluding hydrogens is 452 g/mol. The number of hydrogen-bond donors (Lipinski definition) is 3. The van der Waals surface area contributed by atoms with Crippen molar-refractivity contribution in [3.05, 3.63) is 107 Å². The van der Waals surface area contributed by atoms with Gasteiger partial charge in [0.2, 0.25) is 11.8 Å². The first-order valence-corrected chi connectivity index (χ1v) is 12.2. The van der Waals surface area contributed by atoms with Gasteiger partial charge in [0.25, 0.3) is 5.91 Å². The van der Waals surface area contributed by atoms with Gasteiger partial charge in [0.05, 0.1) is 6.04 Å². The highest BCUT2D eigenvalue weighted by Gasteiger charge is 2.49. The van der Waals surface area contributed by atoms with Crippen molar-refractivity contribution in [2.24, 2.45) is 0 Å². The summed E-state index contributed by atoms with van der Waals surface area (Å²) in [5, 5.41) is 6.79. The molecule has 7 heteroatoms. The lowest BCUT2D eigenvalue weighted by molar-refractivity contribution is -0.131. The number of amides is 3. The van der Waals surface area contributed by atoms with Crippen molar-refractivity contribution in [2.75, 3.05) is 0 Å². The lowest BCUT2D eigenvalue weighted by Crippen LogP contribution is -2.55. The zero-order valence-corrected chi connectivity index (χ0v) is 19.8. The first-order chi connectivity index (χ1) is 17.5. The molecule has 36 heavy (non-hydrogen) atoms. The minimum atomic E-state index is -0.746. The second kappa shape index (κ2) is 8.68. The molecule has 0 unspecified atom stereocenters. The Balaban J connectivity index is 1.29. The van der Waals surface area contributed by atoms with Crippen molar-refractivity contribution in [3.8, 4) is 0 Å². The van der Waals surface area contributed by atoms with E-state index in [1.165, 1.54) is 0 Å². The van der Waals surface area contributed by atoms with Crippen molar-refractivity contribution in [2.45, 2.75) is 38.0 Å². The molecule has 0 saturated carbocycles. The number of aromatic nitrogens is 1. The summed E-state index contributed by atoms with van der Waals surface area (Å²) in [6.45, 7) is 2.04. The van der Waals surface area contributed by atoms with Gasteiger partial charge < -0.3 is 20.5 Å². The Morgan fingerprint density at radius 1 is 1.00 bits per heavy atom. The molecule has 3 atom stereocenters. The van der Waals surface area contributed by atoms with E-state index in [4.69, 9.17) is 0 Å². The molecule has 0 aliphatic carbocycles. The maximum Gasteiger partial charge on any atom is 0.255 e. The number of H-pyrrole nitrogens is 1. The molecule has 3 N–H and O–H groups in total. The Morgan fingerprint density at radius 3 is 2.56 bits per heavy atom. The van der Waals surface area contributed by atoms with E-state index in [1.54, 1.807) is 11.8 Å². The Hall–Kier alpha value is -4.39. The predicted molar refractivity (Wildman–Crippen MR) is 136 cm³/mol. The molecule has 4 aromatic rings. The summed E-state index contributed by atoms with van der Waals surface area (Å²) < 4.78 is 0. The minimum Gasteiger partial charge on any atom is -0.356 e. The number of carbonyl (C=O) groups is 3. The molecule has 3 heterocycles. The average Bonchev–Trinajstić information content (AvgIpc) is 3.43. The molecule has 0 spiro atoms. The molecule has 180 valence electrons. The lowest BCUT2D eigenvalue weighted by Gasteiger charge is -2.37. The van der Waals surface area contributed by atoms with E-state index < -0.39 is 12.1 Å². The molecule has 3 aromatic carbocycles. The Labute approximate surface area is 208 Å². The second-order valence-electron chi connectivity index (χ2n) is 9.42. The van der Waals surface area contributed by atoms with Crippen LogP contribution in [0, 0.1) is 0 Å². The first-order valence-electron chi connectivity index (χ1n) is 12.2. The van der Waals surface area contributed by atoms with E-state index >= 15 is 0 Å². The van der Waals surface area contributed by atoms with Crippen LogP contribution in [0.3, 0.4) is 0 Å². The molecular formula is C29H26N4O3. The third-order valence-corrected chi connectivity index (χ3v) is 7.22. The zero-order chi connectivity index (χ0) is 24.8. The third kappa shape index (κ3) is 3.55. The van der Waals surface area contributed by atoms with E-state index in [1.807, 2.05) is 78.9 Å². The summed E-state index contributed by atoms with van der Waals surface area (Å²) in [4.78, 5) is 45.0. The molecule has 1 aromatic heterocycles. The minimum absolute atomic E-state index is 0.166. The van der Waals surface area contributed by atoms with Gasteiger partial charge in [0.15, 0.2) is 0 Å². The molecule has 2 aliphatic heterocycles. The highest BCUT2D eigenvalue weighted by molar-refractivity contribution is 6.04. The topological polar surface area (TPSA) is 94.3 Å². The van der Waals surface area contributed by atoms with Crippen molar-refractivity contribution >= 4 is 28.6 Å². The fraction of sp³-hybridized carbons (Fsp3) is 0.207. The number of fused-ring (bicyclic) bond motifs is 7. The Kier molecular flexibility index (Phi) is 5.33. The monoisotopic (exact) mass is 478 g/mol. The van der Waals surface area contributed by atoms with E-state index in [0.29, 0.717) is 18.5 Å². The molecule has 0 radical (unpaired) electrons. The smallest absolute Gasteiger partial charge is 0.255 e. The molecule has 0 fully saturated rings. The van der Waals surface area contributed by atoms with Crippen LogP contribution in [0.25, 0.3) is 10.9 Å². The van der Waals surface area contributed by atoms with Gasteiger partial charge in [0.1, 0.15) is 12.1 Å². The summed E-state index contributed by atoms with van der Waals surface area (Å²) in [5.41, 5.74) is 5.45. The highest BCUT2D eigenvalue weighted by atomic mass is 16.2. The summed E-state index contributed by atoms with van der Waals surface area (Å²) >= 11 is 0. The van der Waals surface area contributed by atoms with Crippen molar-refractivity contribution in [1.82, 2.24) is 20.5 Å². The number of hydrogen-bond acceptors (Lipinski definition) is 3. The van der Waals surface area contributed by atoms with Gasteiger partial charge in [-0.05, 0) is 35.7 Å². The predicted octanol–water partition coefficient (Wildman–Crippen LogP) is 3.46. The van der Waals surface area contributed by atoms with Crippen LogP contribution >= 0.6 is 0 Å². The van der Waals surface area contributed by atoms with Crippen molar-refractivity contribution in [1.29, 1.82) is 0 Å². The average molecular weight is 479 g/mol. The SMILES string of the molecule is C[C@H](NC(=O)[C@@H]1Cc2c([nH]c3ccccc23)[C@H]2c3ccccc3C(=O)N21)C(=O)NCc1ccccc1. The number of aromatic amines is 1.